The van der Waals surface area contributed by atoms with Gasteiger partial charge in [-0.25, -0.2) is 0 Å². The highest BCUT2D eigenvalue weighted by Crippen LogP contribution is 2.35. The molecule has 1 aliphatic heterocycles. The molecule has 2 atom stereocenters. The SMILES string of the molecule is O=C(CSc1nnc2c(Cl)cc(Cl)cn12)N1CCC[C@@H]2CCCC[C@H]21. The Bertz CT molecular complexity index is 794. The number of fused-ring (bicyclic) bond motifs is 2. The van der Waals surface area contributed by atoms with Gasteiger partial charge in [-0.05, 0) is 37.7 Å². The van der Waals surface area contributed by atoms with Crippen LogP contribution in [0.3, 0.4) is 0 Å². The Balaban J connectivity index is 1.47. The molecule has 2 aromatic rings. The quantitative estimate of drug-likeness (QED) is 0.722. The van der Waals surface area contributed by atoms with Crippen LogP contribution in [0.25, 0.3) is 5.65 Å². The zero-order valence-corrected chi connectivity index (χ0v) is 16.2. The Morgan fingerprint density at radius 1 is 1.20 bits per heavy atom. The number of thioether (sulfide) groups is 1. The first kappa shape index (κ1) is 17.4. The second-order valence-corrected chi connectivity index (χ2v) is 8.60. The van der Waals surface area contributed by atoms with E-state index in [0.29, 0.717) is 38.6 Å². The van der Waals surface area contributed by atoms with Crippen LogP contribution in [0.4, 0.5) is 0 Å². The van der Waals surface area contributed by atoms with Gasteiger partial charge in [0.05, 0.1) is 15.8 Å². The number of hydrogen-bond acceptors (Lipinski definition) is 4. The largest absolute Gasteiger partial charge is 0.339 e. The topological polar surface area (TPSA) is 50.5 Å². The molecule has 1 amide bonds. The van der Waals surface area contributed by atoms with Crippen molar-refractivity contribution in [3.05, 3.63) is 22.3 Å². The average Bonchev–Trinajstić information content (AvgIpc) is 3.02. The molecule has 0 unspecified atom stereocenters. The fraction of sp³-hybridized carbons (Fsp3) is 0.588. The third-order valence-electron chi connectivity index (χ3n) is 5.28. The number of likely N-dealkylation sites (tertiary alicyclic amines) is 1. The summed E-state index contributed by atoms with van der Waals surface area (Å²) in [5.74, 6) is 1.27. The number of nitrogens with zero attached hydrogens (tertiary/aromatic N) is 4. The van der Waals surface area contributed by atoms with E-state index in [9.17, 15) is 4.79 Å². The van der Waals surface area contributed by atoms with E-state index in [-0.39, 0.29) is 5.91 Å². The second kappa shape index (κ2) is 7.33. The summed E-state index contributed by atoms with van der Waals surface area (Å²) in [6.45, 7) is 0.888. The van der Waals surface area contributed by atoms with E-state index in [4.69, 9.17) is 23.2 Å². The van der Waals surface area contributed by atoms with E-state index in [1.165, 1.54) is 37.4 Å². The number of piperidine rings is 1. The molecule has 2 fully saturated rings. The van der Waals surface area contributed by atoms with Crippen LogP contribution >= 0.6 is 35.0 Å². The summed E-state index contributed by atoms with van der Waals surface area (Å²) in [4.78, 5) is 14.9. The fourth-order valence-electron chi connectivity index (χ4n) is 4.14. The van der Waals surface area contributed by atoms with E-state index < -0.39 is 0 Å². The van der Waals surface area contributed by atoms with Crippen molar-refractivity contribution in [2.45, 2.75) is 49.7 Å². The highest BCUT2D eigenvalue weighted by Gasteiger charge is 2.35. The number of aromatic nitrogens is 3. The van der Waals surface area contributed by atoms with Crippen molar-refractivity contribution < 1.29 is 4.79 Å². The molecule has 0 N–H and O–H groups in total. The van der Waals surface area contributed by atoms with Gasteiger partial charge >= 0.3 is 0 Å². The number of pyridine rings is 1. The lowest BCUT2D eigenvalue weighted by Gasteiger charge is -2.44. The fourth-order valence-corrected chi connectivity index (χ4v) is 5.45. The van der Waals surface area contributed by atoms with Gasteiger partial charge in [-0.2, -0.15) is 0 Å². The molecule has 8 heteroatoms. The van der Waals surface area contributed by atoms with Gasteiger partial charge in [0.2, 0.25) is 5.91 Å². The zero-order chi connectivity index (χ0) is 17.4. The van der Waals surface area contributed by atoms with Gasteiger partial charge in [0.1, 0.15) is 0 Å². The van der Waals surface area contributed by atoms with Crippen molar-refractivity contribution in [3.63, 3.8) is 0 Å². The van der Waals surface area contributed by atoms with Crippen LogP contribution in [-0.2, 0) is 4.79 Å². The molecule has 0 spiro atoms. The summed E-state index contributed by atoms with van der Waals surface area (Å²) in [6, 6.07) is 2.08. The molecule has 4 rings (SSSR count). The highest BCUT2D eigenvalue weighted by atomic mass is 35.5. The van der Waals surface area contributed by atoms with Gasteiger partial charge < -0.3 is 4.90 Å². The molecule has 0 bridgehead atoms. The van der Waals surface area contributed by atoms with E-state index in [1.807, 2.05) is 0 Å². The minimum atomic E-state index is 0.200. The summed E-state index contributed by atoms with van der Waals surface area (Å²) >= 11 is 13.6. The van der Waals surface area contributed by atoms with E-state index >= 15 is 0 Å². The van der Waals surface area contributed by atoms with Gasteiger partial charge in [-0.3, -0.25) is 9.20 Å². The van der Waals surface area contributed by atoms with E-state index in [2.05, 4.69) is 15.1 Å². The van der Waals surface area contributed by atoms with Crippen LogP contribution < -0.4 is 0 Å². The van der Waals surface area contributed by atoms with Gasteiger partial charge in [-0.15, -0.1) is 10.2 Å². The molecule has 2 aromatic heterocycles. The number of hydrogen-bond donors (Lipinski definition) is 0. The van der Waals surface area contributed by atoms with Gasteiger partial charge in [0, 0.05) is 18.8 Å². The second-order valence-electron chi connectivity index (χ2n) is 6.81. The van der Waals surface area contributed by atoms with Gasteiger partial charge in [0.15, 0.2) is 10.8 Å². The number of rotatable bonds is 3. The molecule has 5 nitrogen and oxygen atoms in total. The minimum Gasteiger partial charge on any atom is -0.339 e. The Morgan fingerprint density at radius 2 is 2.00 bits per heavy atom. The normalized spacial score (nSPS) is 23.7. The Hall–Kier alpha value is -0.980. The van der Waals surface area contributed by atoms with Crippen molar-refractivity contribution in [1.29, 1.82) is 0 Å². The Morgan fingerprint density at radius 3 is 2.88 bits per heavy atom. The minimum absolute atomic E-state index is 0.200. The molecule has 2 aliphatic rings. The van der Waals surface area contributed by atoms with Crippen LogP contribution in [0.15, 0.2) is 17.4 Å². The Labute approximate surface area is 161 Å². The molecular weight excluding hydrogens is 379 g/mol. The monoisotopic (exact) mass is 398 g/mol. The summed E-state index contributed by atoms with van der Waals surface area (Å²) in [6.07, 6.45) is 9.10. The molecule has 1 aliphatic carbocycles. The van der Waals surface area contributed by atoms with Gasteiger partial charge in [-0.1, -0.05) is 47.8 Å². The predicted molar refractivity (Wildman–Crippen MR) is 100 cm³/mol. The lowest BCUT2D eigenvalue weighted by molar-refractivity contribution is -0.134. The number of halogens is 2. The van der Waals surface area contributed by atoms with Crippen molar-refractivity contribution in [2.75, 3.05) is 12.3 Å². The molecule has 1 saturated carbocycles. The number of amides is 1. The third kappa shape index (κ3) is 3.49. The van der Waals surface area contributed by atoms with Crippen LogP contribution in [0.2, 0.25) is 10.0 Å². The smallest absolute Gasteiger partial charge is 0.233 e. The summed E-state index contributed by atoms with van der Waals surface area (Å²) < 4.78 is 1.75. The van der Waals surface area contributed by atoms with E-state index in [0.717, 1.165) is 19.4 Å². The predicted octanol–water partition coefficient (Wildman–Crippen LogP) is 4.31. The molecule has 134 valence electrons. The summed E-state index contributed by atoms with van der Waals surface area (Å²) in [7, 11) is 0. The molecule has 1 saturated heterocycles. The van der Waals surface area contributed by atoms with Crippen LogP contribution in [-0.4, -0.2) is 43.7 Å². The first-order chi connectivity index (χ1) is 12.1. The average molecular weight is 399 g/mol. The maximum Gasteiger partial charge on any atom is 0.233 e. The molecule has 0 aromatic carbocycles. The number of carbonyl (C=O) groups excluding carboxylic acids is 1. The maximum absolute atomic E-state index is 12.8. The third-order valence-corrected chi connectivity index (χ3v) is 6.70. The standard InChI is InChI=1S/C17H20Cl2N4OS/c18-12-8-13(19)16-20-21-17(23(16)9-12)25-10-15(24)22-7-3-5-11-4-1-2-6-14(11)22/h8-9,11,14H,1-7,10H2/t11-,14+/m0/s1. The summed E-state index contributed by atoms with van der Waals surface area (Å²) in [5, 5.41) is 9.87. The lowest BCUT2D eigenvalue weighted by atomic mass is 9.78. The van der Waals surface area contributed by atoms with E-state index in [1.54, 1.807) is 16.7 Å². The summed E-state index contributed by atoms with van der Waals surface area (Å²) in [5.41, 5.74) is 0.561. The number of carbonyl (C=O) groups is 1. The Kier molecular flexibility index (Phi) is 5.11. The zero-order valence-electron chi connectivity index (χ0n) is 13.8. The van der Waals surface area contributed by atoms with Crippen molar-refractivity contribution in [3.8, 4) is 0 Å². The molecular formula is C17H20Cl2N4OS. The van der Waals surface area contributed by atoms with Crippen LogP contribution in [0.5, 0.6) is 0 Å². The van der Waals surface area contributed by atoms with Crippen molar-refractivity contribution in [1.82, 2.24) is 19.5 Å². The molecule has 0 radical (unpaired) electrons. The van der Waals surface area contributed by atoms with Crippen LogP contribution in [0, 0.1) is 5.92 Å². The van der Waals surface area contributed by atoms with Crippen LogP contribution in [0.1, 0.15) is 38.5 Å². The van der Waals surface area contributed by atoms with Crippen molar-refractivity contribution >= 4 is 46.5 Å². The lowest BCUT2D eigenvalue weighted by Crippen LogP contribution is -2.50. The maximum atomic E-state index is 12.8. The van der Waals surface area contributed by atoms with Crippen molar-refractivity contribution in [2.24, 2.45) is 5.92 Å². The van der Waals surface area contributed by atoms with Gasteiger partial charge in [0.25, 0.3) is 0 Å². The molecule has 3 heterocycles. The highest BCUT2D eigenvalue weighted by molar-refractivity contribution is 7.99. The first-order valence-electron chi connectivity index (χ1n) is 8.75. The first-order valence-corrected chi connectivity index (χ1v) is 10.5. The molecule has 25 heavy (non-hydrogen) atoms.